The molecule has 0 spiro atoms. The fraction of sp³-hybridized carbons (Fsp3) is 0.458. The summed E-state index contributed by atoms with van der Waals surface area (Å²) < 4.78 is 11.2. The van der Waals surface area contributed by atoms with Gasteiger partial charge in [-0.3, -0.25) is 9.69 Å². The molecular weight excluding hydrogens is 364 g/mol. The van der Waals surface area contributed by atoms with Crippen molar-refractivity contribution in [2.45, 2.75) is 32.2 Å². The summed E-state index contributed by atoms with van der Waals surface area (Å²) in [6.07, 6.45) is 2.20. The Bertz CT molecular complexity index is 728. The molecule has 0 bridgehead atoms. The number of hydrogen-bond acceptors (Lipinski definition) is 4. The molecule has 1 atom stereocenters. The van der Waals surface area contributed by atoms with Gasteiger partial charge in [0.15, 0.2) is 0 Å². The Morgan fingerprint density at radius 2 is 1.83 bits per heavy atom. The molecule has 1 saturated heterocycles. The van der Waals surface area contributed by atoms with Crippen LogP contribution in [-0.2, 0) is 16.0 Å². The average molecular weight is 397 g/mol. The highest BCUT2D eigenvalue weighted by Gasteiger charge is 2.23. The molecule has 1 N–H and O–H groups in total. The maximum atomic E-state index is 12.4. The van der Waals surface area contributed by atoms with Crippen LogP contribution in [0.15, 0.2) is 54.6 Å². The fourth-order valence-electron chi connectivity index (χ4n) is 3.56. The lowest BCUT2D eigenvalue weighted by molar-refractivity contribution is -0.121. The van der Waals surface area contributed by atoms with Crippen LogP contribution >= 0.6 is 0 Å². The molecule has 5 heteroatoms. The molecule has 156 valence electrons. The number of carbonyl (C=O) groups is 1. The van der Waals surface area contributed by atoms with Crippen molar-refractivity contribution < 1.29 is 14.3 Å². The zero-order valence-corrected chi connectivity index (χ0v) is 17.3. The molecule has 2 aromatic carbocycles. The molecular formula is C24H32N2O3. The van der Waals surface area contributed by atoms with E-state index in [-0.39, 0.29) is 11.9 Å². The normalized spacial score (nSPS) is 15.6. The van der Waals surface area contributed by atoms with Crippen molar-refractivity contribution in [2.24, 2.45) is 0 Å². The minimum atomic E-state index is 0.0742. The number of benzene rings is 2. The average Bonchev–Trinajstić information content (AvgIpc) is 2.79. The summed E-state index contributed by atoms with van der Waals surface area (Å²) in [5.74, 6) is 0.918. The molecule has 1 aliphatic rings. The number of carbonyl (C=O) groups excluding carboxylic acids is 1. The largest absolute Gasteiger partial charge is 0.494 e. The van der Waals surface area contributed by atoms with E-state index in [0.717, 1.165) is 38.5 Å². The van der Waals surface area contributed by atoms with E-state index >= 15 is 0 Å². The number of hydrogen-bond donors (Lipinski definition) is 1. The third kappa shape index (κ3) is 6.87. The van der Waals surface area contributed by atoms with Gasteiger partial charge < -0.3 is 14.8 Å². The second kappa shape index (κ2) is 11.6. The molecule has 2 aromatic rings. The Morgan fingerprint density at radius 3 is 2.52 bits per heavy atom. The van der Waals surface area contributed by atoms with Crippen molar-refractivity contribution in [3.8, 4) is 5.75 Å². The summed E-state index contributed by atoms with van der Waals surface area (Å²) >= 11 is 0. The van der Waals surface area contributed by atoms with Crippen LogP contribution in [0.1, 0.15) is 36.9 Å². The number of nitrogens with one attached hydrogen (secondary N) is 1. The zero-order chi connectivity index (χ0) is 20.3. The zero-order valence-electron chi connectivity index (χ0n) is 17.3. The topological polar surface area (TPSA) is 50.8 Å². The molecule has 0 aromatic heterocycles. The van der Waals surface area contributed by atoms with Crippen LogP contribution in [-0.4, -0.2) is 50.3 Å². The fourth-order valence-corrected chi connectivity index (χ4v) is 3.56. The molecule has 0 radical (unpaired) electrons. The van der Waals surface area contributed by atoms with E-state index in [1.807, 2.05) is 30.3 Å². The number of morpholine rings is 1. The number of nitrogens with zero attached hydrogens (tertiary/aromatic N) is 1. The summed E-state index contributed by atoms with van der Waals surface area (Å²) in [4.78, 5) is 14.8. The van der Waals surface area contributed by atoms with Gasteiger partial charge in [0, 0.05) is 26.1 Å². The first-order valence-corrected chi connectivity index (χ1v) is 10.6. The quantitative estimate of drug-likeness (QED) is 0.624. The van der Waals surface area contributed by atoms with Crippen LogP contribution in [0.4, 0.5) is 0 Å². The Morgan fingerprint density at radius 1 is 1.10 bits per heavy atom. The monoisotopic (exact) mass is 396 g/mol. The van der Waals surface area contributed by atoms with E-state index in [0.29, 0.717) is 26.0 Å². The second-order valence-corrected chi connectivity index (χ2v) is 7.33. The molecule has 1 fully saturated rings. The number of para-hydroxylation sites is 1. The van der Waals surface area contributed by atoms with E-state index in [4.69, 9.17) is 9.47 Å². The van der Waals surface area contributed by atoms with Crippen molar-refractivity contribution in [1.29, 1.82) is 0 Å². The Balaban J connectivity index is 1.48. The highest BCUT2D eigenvalue weighted by Crippen LogP contribution is 2.22. The van der Waals surface area contributed by atoms with Gasteiger partial charge in [0.05, 0.1) is 25.9 Å². The van der Waals surface area contributed by atoms with E-state index in [9.17, 15) is 4.79 Å². The Hall–Kier alpha value is -2.37. The Kier molecular flexibility index (Phi) is 8.53. The number of amides is 1. The molecule has 0 saturated carbocycles. The van der Waals surface area contributed by atoms with Gasteiger partial charge in [0.25, 0.3) is 0 Å². The van der Waals surface area contributed by atoms with Gasteiger partial charge in [-0.1, -0.05) is 49.4 Å². The van der Waals surface area contributed by atoms with E-state index in [1.165, 1.54) is 11.1 Å². The number of aryl methyl sites for hydroxylation is 1. The van der Waals surface area contributed by atoms with Crippen molar-refractivity contribution in [1.82, 2.24) is 10.2 Å². The molecule has 0 aliphatic carbocycles. The molecule has 1 aliphatic heterocycles. The highest BCUT2D eigenvalue weighted by atomic mass is 16.5. The third-order valence-electron chi connectivity index (χ3n) is 5.31. The lowest BCUT2D eigenvalue weighted by Crippen LogP contribution is -2.43. The first-order valence-electron chi connectivity index (χ1n) is 10.6. The van der Waals surface area contributed by atoms with Gasteiger partial charge in [-0.2, -0.15) is 0 Å². The summed E-state index contributed by atoms with van der Waals surface area (Å²) in [5.41, 5.74) is 2.58. The highest BCUT2D eigenvalue weighted by molar-refractivity contribution is 5.75. The standard InChI is InChI=1S/C24H32N2O3/c1-2-20-10-12-21(13-11-20)23(26-14-17-28-18-15-26)19-25-24(27)9-6-16-29-22-7-4-3-5-8-22/h3-5,7-8,10-13,23H,2,6,9,14-19H2,1H3,(H,25,27). The SMILES string of the molecule is CCc1ccc(C(CNC(=O)CCCOc2ccccc2)N2CCOCC2)cc1. The summed E-state index contributed by atoms with van der Waals surface area (Å²) in [5, 5.41) is 3.13. The number of rotatable bonds is 10. The van der Waals surface area contributed by atoms with Gasteiger partial charge >= 0.3 is 0 Å². The van der Waals surface area contributed by atoms with Crippen LogP contribution in [0, 0.1) is 0 Å². The van der Waals surface area contributed by atoms with Gasteiger partial charge in [-0.05, 0) is 36.1 Å². The predicted molar refractivity (Wildman–Crippen MR) is 115 cm³/mol. The first-order chi connectivity index (χ1) is 14.3. The van der Waals surface area contributed by atoms with E-state index in [1.54, 1.807) is 0 Å². The van der Waals surface area contributed by atoms with Crippen molar-refractivity contribution in [3.05, 3.63) is 65.7 Å². The smallest absolute Gasteiger partial charge is 0.220 e. The van der Waals surface area contributed by atoms with Crippen molar-refractivity contribution >= 4 is 5.91 Å². The Labute approximate surface area is 174 Å². The first kappa shape index (κ1) is 21.3. The summed E-state index contributed by atoms with van der Waals surface area (Å²) in [6, 6.07) is 18.6. The van der Waals surface area contributed by atoms with Crippen molar-refractivity contribution in [2.75, 3.05) is 39.5 Å². The number of ether oxygens (including phenoxy) is 2. The molecule has 3 rings (SSSR count). The minimum Gasteiger partial charge on any atom is -0.494 e. The van der Waals surface area contributed by atoms with Gasteiger partial charge in [0.1, 0.15) is 5.75 Å². The van der Waals surface area contributed by atoms with Gasteiger partial charge in [-0.15, -0.1) is 0 Å². The second-order valence-electron chi connectivity index (χ2n) is 7.33. The summed E-state index contributed by atoms with van der Waals surface area (Å²) in [6.45, 7) is 6.59. The molecule has 29 heavy (non-hydrogen) atoms. The van der Waals surface area contributed by atoms with Crippen LogP contribution < -0.4 is 10.1 Å². The lowest BCUT2D eigenvalue weighted by atomic mass is 10.0. The van der Waals surface area contributed by atoms with Gasteiger partial charge in [-0.25, -0.2) is 0 Å². The third-order valence-corrected chi connectivity index (χ3v) is 5.31. The minimum absolute atomic E-state index is 0.0742. The van der Waals surface area contributed by atoms with Gasteiger partial charge in [0.2, 0.25) is 5.91 Å². The summed E-state index contributed by atoms with van der Waals surface area (Å²) in [7, 11) is 0. The molecule has 1 amide bonds. The lowest BCUT2D eigenvalue weighted by Gasteiger charge is -2.35. The molecule has 1 unspecified atom stereocenters. The van der Waals surface area contributed by atoms with Crippen LogP contribution in [0.5, 0.6) is 5.75 Å². The molecule has 1 heterocycles. The molecule has 5 nitrogen and oxygen atoms in total. The maximum absolute atomic E-state index is 12.4. The van der Waals surface area contributed by atoms with E-state index < -0.39 is 0 Å². The van der Waals surface area contributed by atoms with Crippen molar-refractivity contribution in [3.63, 3.8) is 0 Å². The maximum Gasteiger partial charge on any atom is 0.220 e. The van der Waals surface area contributed by atoms with E-state index in [2.05, 4.69) is 41.4 Å². The van der Waals surface area contributed by atoms with Crippen LogP contribution in [0.3, 0.4) is 0 Å². The van der Waals surface area contributed by atoms with Crippen LogP contribution in [0.2, 0.25) is 0 Å². The van der Waals surface area contributed by atoms with Crippen LogP contribution in [0.25, 0.3) is 0 Å². The predicted octanol–water partition coefficient (Wildman–Crippen LogP) is 3.60.